The van der Waals surface area contributed by atoms with E-state index in [2.05, 4.69) is 48.8 Å². The maximum Gasteiger partial charge on any atom is 0.469 e. The number of aliphatic hydroxyl groups excluding tert-OH is 2. The van der Waals surface area contributed by atoms with E-state index >= 15 is 0 Å². The van der Waals surface area contributed by atoms with Crippen LogP contribution < -0.4 is 0 Å². The summed E-state index contributed by atoms with van der Waals surface area (Å²) < 4.78 is 26.1. The van der Waals surface area contributed by atoms with E-state index in [0.717, 1.165) is 44.9 Å². The summed E-state index contributed by atoms with van der Waals surface area (Å²) in [6.07, 6.45) is 30.1. The van der Waals surface area contributed by atoms with E-state index in [1.54, 1.807) is 0 Å². The van der Waals surface area contributed by atoms with Gasteiger partial charge in [-0.05, 0) is 51.4 Å². The van der Waals surface area contributed by atoms with Gasteiger partial charge in [-0.3, -0.25) is 14.1 Å². The molecule has 0 fully saturated rings. The number of phosphoric ester groups is 1. The standard InChI is InChI=1S/C37H65O10P/c1-3-5-7-9-11-13-15-17-18-20-22-24-27-34(38)35(39)28-26-30-37(41)47-33(32-46-48(42,43)44)31-45-36(40)29-25-23-21-19-16-14-12-10-8-6-4-2/h5,7,11,13,17-18,22,24,33-35,38-39H,3-4,6,8-10,12,14-16,19-21,23,25-32H2,1-2H3,(H2,42,43,44)/b7-5-,13-11-,18-17-,24-22-/t33-,34-,35-/m1/s1. The number of rotatable bonds is 32. The van der Waals surface area contributed by atoms with Gasteiger partial charge in [0.05, 0.1) is 18.8 Å². The van der Waals surface area contributed by atoms with Crippen molar-refractivity contribution in [3.63, 3.8) is 0 Å². The average molecular weight is 701 g/mol. The van der Waals surface area contributed by atoms with Gasteiger partial charge in [-0.15, -0.1) is 0 Å². The molecule has 0 spiro atoms. The van der Waals surface area contributed by atoms with Crippen molar-refractivity contribution in [3.05, 3.63) is 48.6 Å². The number of ether oxygens (including phenoxy) is 2. The molecule has 0 aromatic rings. The van der Waals surface area contributed by atoms with Crippen molar-refractivity contribution in [2.45, 2.75) is 161 Å². The zero-order valence-corrected chi connectivity index (χ0v) is 30.5. The zero-order chi connectivity index (χ0) is 35.7. The molecule has 0 radical (unpaired) electrons. The zero-order valence-electron chi connectivity index (χ0n) is 29.6. The third-order valence-electron chi connectivity index (χ3n) is 7.56. The van der Waals surface area contributed by atoms with Gasteiger partial charge in [0.15, 0.2) is 6.10 Å². The van der Waals surface area contributed by atoms with Crippen LogP contribution in [0.25, 0.3) is 0 Å². The first-order valence-electron chi connectivity index (χ1n) is 18.1. The summed E-state index contributed by atoms with van der Waals surface area (Å²) in [5.41, 5.74) is 0. The second kappa shape index (κ2) is 32.2. The molecule has 0 aliphatic carbocycles. The molecule has 0 aliphatic rings. The van der Waals surface area contributed by atoms with Gasteiger partial charge >= 0.3 is 19.8 Å². The molecular formula is C37H65O10P. The molecule has 0 amide bonds. The van der Waals surface area contributed by atoms with E-state index in [-0.39, 0.29) is 32.1 Å². The summed E-state index contributed by atoms with van der Waals surface area (Å²) in [4.78, 5) is 42.6. The summed E-state index contributed by atoms with van der Waals surface area (Å²) in [6.45, 7) is 3.29. The lowest BCUT2D eigenvalue weighted by atomic mass is 10.0. The molecule has 10 nitrogen and oxygen atoms in total. The summed E-state index contributed by atoms with van der Waals surface area (Å²) in [7, 11) is -4.83. The highest BCUT2D eigenvalue weighted by atomic mass is 31.2. The van der Waals surface area contributed by atoms with Crippen molar-refractivity contribution in [1.29, 1.82) is 0 Å². The molecule has 48 heavy (non-hydrogen) atoms. The summed E-state index contributed by atoms with van der Waals surface area (Å²) in [5, 5.41) is 20.5. The number of carbonyl (C=O) groups is 2. The van der Waals surface area contributed by atoms with Gasteiger partial charge in [0.25, 0.3) is 0 Å². The third kappa shape index (κ3) is 32.5. The Balaban J connectivity index is 4.28. The number of aliphatic hydroxyl groups is 2. The summed E-state index contributed by atoms with van der Waals surface area (Å²) in [5.74, 6) is -1.18. The normalized spacial score (nSPS) is 14.4. The van der Waals surface area contributed by atoms with Crippen LogP contribution in [0.3, 0.4) is 0 Å². The van der Waals surface area contributed by atoms with E-state index < -0.39 is 51.3 Å². The molecule has 4 N–H and O–H groups in total. The van der Waals surface area contributed by atoms with Crippen molar-refractivity contribution in [1.82, 2.24) is 0 Å². The van der Waals surface area contributed by atoms with Crippen LogP contribution in [0.15, 0.2) is 48.6 Å². The number of phosphoric acid groups is 1. The minimum Gasteiger partial charge on any atom is -0.462 e. The molecule has 0 saturated heterocycles. The van der Waals surface area contributed by atoms with Crippen LogP contribution in [0.5, 0.6) is 0 Å². The largest absolute Gasteiger partial charge is 0.469 e. The number of hydrogen-bond donors (Lipinski definition) is 4. The fourth-order valence-electron chi connectivity index (χ4n) is 4.75. The van der Waals surface area contributed by atoms with Gasteiger partial charge < -0.3 is 29.5 Å². The molecule has 0 bridgehead atoms. The minimum absolute atomic E-state index is 0.104. The Bertz CT molecular complexity index is 956. The van der Waals surface area contributed by atoms with E-state index in [9.17, 15) is 24.4 Å². The van der Waals surface area contributed by atoms with Crippen LogP contribution in [0, 0.1) is 0 Å². The topological polar surface area (TPSA) is 160 Å². The van der Waals surface area contributed by atoms with Crippen LogP contribution in [0.2, 0.25) is 0 Å². The Kier molecular flexibility index (Phi) is 30.8. The van der Waals surface area contributed by atoms with Crippen LogP contribution in [-0.2, 0) is 28.2 Å². The average Bonchev–Trinajstić information content (AvgIpc) is 3.04. The minimum atomic E-state index is -4.83. The van der Waals surface area contributed by atoms with Gasteiger partial charge in [0.1, 0.15) is 6.61 Å². The lowest BCUT2D eigenvalue weighted by Crippen LogP contribution is -2.30. The molecule has 3 atom stereocenters. The first kappa shape index (κ1) is 45.9. The van der Waals surface area contributed by atoms with Crippen LogP contribution >= 0.6 is 7.82 Å². The molecule has 0 heterocycles. The lowest BCUT2D eigenvalue weighted by Gasteiger charge is -2.19. The number of carbonyl (C=O) groups excluding carboxylic acids is 2. The SMILES string of the molecule is CC/C=C\C/C=C\C/C=C\C/C=C\C[C@@H](O)[C@H](O)CCCC(=O)O[C@H](COC(=O)CCCCCCCCCCCCC)COP(=O)(O)O. The second-order valence-corrected chi connectivity index (χ2v) is 13.4. The molecular weight excluding hydrogens is 635 g/mol. The van der Waals surface area contributed by atoms with Crippen molar-refractivity contribution in [2.24, 2.45) is 0 Å². The van der Waals surface area contributed by atoms with Crippen molar-refractivity contribution < 1.29 is 48.2 Å². The maximum atomic E-state index is 12.4. The first-order chi connectivity index (χ1) is 23.1. The molecule has 0 aromatic carbocycles. The van der Waals surface area contributed by atoms with E-state index in [0.29, 0.717) is 6.42 Å². The van der Waals surface area contributed by atoms with E-state index in [4.69, 9.17) is 19.3 Å². The predicted octanol–water partition coefficient (Wildman–Crippen LogP) is 8.34. The molecule has 0 aliphatic heterocycles. The number of unbranched alkanes of at least 4 members (excludes halogenated alkanes) is 10. The highest BCUT2D eigenvalue weighted by Gasteiger charge is 2.23. The lowest BCUT2D eigenvalue weighted by molar-refractivity contribution is -0.161. The Hall–Kier alpha value is -2.07. The molecule has 11 heteroatoms. The predicted molar refractivity (Wildman–Crippen MR) is 191 cm³/mol. The smallest absolute Gasteiger partial charge is 0.462 e. The van der Waals surface area contributed by atoms with Crippen molar-refractivity contribution in [3.8, 4) is 0 Å². The first-order valence-corrected chi connectivity index (χ1v) is 19.6. The molecule has 278 valence electrons. The van der Waals surface area contributed by atoms with Gasteiger partial charge in [-0.2, -0.15) is 0 Å². The summed E-state index contributed by atoms with van der Waals surface area (Å²) >= 11 is 0. The third-order valence-corrected chi connectivity index (χ3v) is 8.05. The molecule has 0 rings (SSSR count). The number of hydrogen-bond acceptors (Lipinski definition) is 8. The number of allylic oxidation sites excluding steroid dienone is 7. The Labute approximate surface area is 290 Å². The van der Waals surface area contributed by atoms with E-state index in [1.807, 2.05) is 18.2 Å². The Morgan fingerprint density at radius 1 is 0.625 bits per heavy atom. The maximum absolute atomic E-state index is 12.4. The number of esters is 2. The van der Waals surface area contributed by atoms with Crippen molar-refractivity contribution in [2.75, 3.05) is 13.2 Å². The Morgan fingerprint density at radius 3 is 1.67 bits per heavy atom. The fraction of sp³-hybridized carbons (Fsp3) is 0.730. The monoisotopic (exact) mass is 700 g/mol. The highest BCUT2D eigenvalue weighted by Crippen LogP contribution is 2.36. The van der Waals surface area contributed by atoms with Gasteiger partial charge in [0.2, 0.25) is 0 Å². The summed E-state index contributed by atoms with van der Waals surface area (Å²) in [6, 6.07) is 0. The van der Waals surface area contributed by atoms with E-state index in [1.165, 1.54) is 44.9 Å². The van der Waals surface area contributed by atoms with Crippen LogP contribution in [-0.4, -0.2) is 63.5 Å². The molecule has 0 aromatic heterocycles. The molecule has 0 saturated carbocycles. The van der Waals surface area contributed by atoms with Crippen LogP contribution in [0.1, 0.15) is 142 Å². The van der Waals surface area contributed by atoms with Crippen molar-refractivity contribution >= 4 is 19.8 Å². The second-order valence-electron chi connectivity index (χ2n) is 12.1. The van der Waals surface area contributed by atoms with Crippen LogP contribution in [0.4, 0.5) is 0 Å². The highest BCUT2D eigenvalue weighted by molar-refractivity contribution is 7.46. The Morgan fingerprint density at radius 2 is 1.12 bits per heavy atom. The van der Waals surface area contributed by atoms with Gasteiger partial charge in [0, 0.05) is 12.8 Å². The van der Waals surface area contributed by atoms with Gasteiger partial charge in [-0.1, -0.05) is 127 Å². The quantitative estimate of drug-likeness (QED) is 0.0232. The fourth-order valence-corrected chi connectivity index (χ4v) is 5.11. The van der Waals surface area contributed by atoms with Gasteiger partial charge in [-0.25, -0.2) is 4.57 Å². The molecule has 0 unspecified atom stereocenters.